The van der Waals surface area contributed by atoms with Crippen molar-refractivity contribution in [2.45, 2.75) is 89.6 Å². The van der Waals surface area contributed by atoms with E-state index in [4.69, 9.17) is 0 Å². The van der Waals surface area contributed by atoms with E-state index in [1.165, 1.54) is 25.7 Å². The van der Waals surface area contributed by atoms with Gasteiger partial charge in [-0.2, -0.15) is 0 Å². The van der Waals surface area contributed by atoms with Gasteiger partial charge in [0.2, 0.25) is 21.8 Å². The molecule has 198 valence electrons. The molecule has 7 nitrogen and oxygen atoms in total. The van der Waals surface area contributed by atoms with E-state index >= 15 is 0 Å². The molecule has 0 unspecified atom stereocenters. The number of rotatable bonds is 13. The van der Waals surface area contributed by atoms with Crippen LogP contribution in [0, 0.1) is 5.92 Å². The van der Waals surface area contributed by atoms with Crippen molar-refractivity contribution in [3.05, 3.63) is 36.7 Å². The van der Waals surface area contributed by atoms with Gasteiger partial charge in [0.15, 0.2) is 0 Å². The summed E-state index contributed by atoms with van der Waals surface area (Å²) in [5, 5.41) is 0. The van der Waals surface area contributed by atoms with Crippen molar-refractivity contribution in [2.24, 2.45) is 5.92 Å². The SMILES string of the molecule is CCC[C@H]1C(=O)N(S(C)(=O)=O)[C@H]2CCN(C(=O)CCCCCCCCCN3C=CC=CC=C3)[C@H]12.Cl. The standard InChI is InChI=1S/C26H41N3O4S.ClH/c1-3-15-22-25-23(29(26(22)31)34(2,32)33)17-21-28(25)24(30)16-11-7-5-4-6-8-12-18-27-19-13-9-10-14-20-27;/h9-10,13-14,19-20,22-23,25H,3-8,11-12,15-18,21H2,1-2H3;1H/t22-,23+,25-;/m1./s1. The third-order valence-electron chi connectivity index (χ3n) is 7.14. The number of carbonyl (C=O) groups excluding carboxylic acids is 2. The van der Waals surface area contributed by atoms with Crippen molar-refractivity contribution in [3.8, 4) is 0 Å². The maximum Gasteiger partial charge on any atom is 0.241 e. The van der Waals surface area contributed by atoms with Gasteiger partial charge in [0.1, 0.15) is 0 Å². The number of carbonyl (C=O) groups is 2. The molecule has 3 atom stereocenters. The van der Waals surface area contributed by atoms with Gasteiger partial charge < -0.3 is 9.80 Å². The van der Waals surface area contributed by atoms with Crippen LogP contribution in [0.25, 0.3) is 0 Å². The van der Waals surface area contributed by atoms with Crippen LogP contribution >= 0.6 is 12.4 Å². The predicted octanol–water partition coefficient (Wildman–Crippen LogP) is 4.62. The molecule has 0 aromatic carbocycles. The van der Waals surface area contributed by atoms with Gasteiger partial charge in [0, 0.05) is 31.9 Å². The summed E-state index contributed by atoms with van der Waals surface area (Å²) in [6.07, 6.45) is 23.7. The van der Waals surface area contributed by atoms with Crippen molar-refractivity contribution in [1.29, 1.82) is 0 Å². The van der Waals surface area contributed by atoms with Crippen LogP contribution in [0.2, 0.25) is 0 Å². The molecule has 3 heterocycles. The van der Waals surface area contributed by atoms with Gasteiger partial charge >= 0.3 is 0 Å². The number of allylic oxidation sites excluding steroid dienone is 4. The van der Waals surface area contributed by atoms with Crippen molar-refractivity contribution < 1.29 is 18.0 Å². The van der Waals surface area contributed by atoms with Crippen LogP contribution in [0.3, 0.4) is 0 Å². The maximum atomic E-state index is 13.0. The Morgan fingerprint density at radius 2 is 1.57 bits per heavy atom. The number of nitrogens with zero attached hydrogens (tertiary/aromatic N) is 3. The summed E-state index contributed by atoms with van der Waals surface area (Å²) in [5.41, 5.74) is 0. The molecule has 2 fully saturated rings. The first kappa shape index (κ1) is 29.4. The molecular weight excluding hydrogens is 486 g/mol. The molecule has 9 heteroatoms. The van der Waals surface area contributed by atoms with Crippen LogP contribution in [0.15, 0.2) is 36.7 Å². The Kier molecular flexibility index (Phi) is 11.8. The highest BCUT2D eigenvalue weighted by Gasteiger charge is 2.56. The Balaban J connectivity index is 0.00000432. The minimum atomic E-state index is -3.61. The first-order valence-corrected chi connectivity index (χ1v) is 14.8. The van der Waals surface area contributed by atoms with E-state index < -0.39 is 15.9 Å². The monoisotopic (exact) mass is 527 g/mol. The lowest BCUT2D eigenvalue weighted by atomic mass is 9.94. The van der Waals surface area contributed by atoms with E-state index in [1.807, 2.05) is 24.0 Å². The van der Waals surface area contributed by atoms with Gasteiger partial charge in [-0.15, -0.1) is 12.4 Å². The largest absolute Gasteiger partial charge is 0.354 e. The minimum absolute atomic E-state index is 0. The smallest absolute Gasteiger partial charge is 0.241 e. The third-order valence-corrected chi connectivity index (χ3v) is 8.31. The average Bonchev–Trinajstić information content (AvgIpc) is 3.18. The highest BCUT2D eigenvalue weighted by atomic mass is 35.5. The quantitative estimate of drug-likeness (QED) is 0.327. The lowest BCUT2D eigenvalue weighted by Crippen LogP contribution is -2.43. The summed E-state index contributed by atoms with van der Waals surface area (Å²) in [6.45, 7) is 3.58. The second-order valence-corrected chi connectivity index (χ2v) is 11.6. The zero-order chi connectivity index (χ0) is 24.6. The van der Waals surface area contributed by atoms with Crippen LogP contribution < -0.4 is 0 Å². The summed E-state index contributed by atoms with van der Waals surface area (Å²) < 4.78 is 25.5. The van der Waals surface area contributed by atoms with E-state index in [0.717, 1.165) is 42.8 Å². The first-order valence-electron chi connectivity index (χ1n) is 12.9. The van der Waals surface area contributed by atoms with Gasteiger partial charge in [-0.25, -0.2) is 12.7 Å². The normalized spacial score (nSPS) is 23.5. The van der Waals surface area contributed by atoms with Crippen LogP contribution in [0.1, 0.15) is 77.6 Å². The molecule has 0 N–H and O–H groups in total. The third kappa shape index (κ3) is 7.84. The molecule has 2 saturated heterocycles. The topological polar surface area (TPSA) is 78.0 Å². The van der Waals surface area contributed by atoms with E-state index in [0.29, 0.717) is 25.8 Å². The van der Waals surface area contributed by atoms with Crippen molar-refractivity contribution in [1.82, 2.24) is 14.1 Å². The molecule has 3 rings (SSSR count). The Hall–Kier alpha value is -1.80. The van der Waals surface area contributed by atoms with Crippen molar-refractivity contribution >= 4 is 34.2 Å². The first-order chi connectivity index (χ1) is 16.3. The van der Waals surface area contributed by atoms with Gasteiger partial charge in [0.25, 0.3) is 0 Å². The van der Waals surface area contributed by atoms with Crippen LogP contribution in [-0.4, -0.2) is 65.8 Å². The van der Waals surface area contributed by atoms with E-state index in [9.17, 15) is 18.0 Å². The number of likely N-dealkylation sites (tertiary alicyclic amines) is 1. The maximum absolute atomic E-state index is 13.0. The summed E-state index contributed by atoms with van der Waals surface area (Å²) >= 11 is 0. The number of hydrogen-bond donors (Lipinski definition) is 0. The molecule has 0 radical (unpaired) electrons. The number of unbranched alkanes of at least 4 members (excludes halogenated alkanes) is 6. The molecule has 2 amide bonds. The molecule has 0 aromatic heterocycles. The fourth-order valence-corrected chi connectivity index (χ4v) is 6.75. The zero-order valence-corrected chi connectivity index (χ0v) is 22.8. The number of amides is 2. The molecule has 35 heavy (non-hydrogen) atoms. The highest BCUT2D eigenvalue weighted by molar-refractivity contribution is 7.88. The van der Waals surface area contributed by atoms with E-state index in [1.54, 1.807) is 0 Å². The Labute approximate surface area is 217 Å². The fraction of sp³-hybridized carbons (Fsp3) is 0.692. The number of fused-ring (bicyclic) bond motifs is 1. The second-order valence-electron chi connectivity index (χ2n) is 9.76. The lowest BCUT2D eigenvalue weighted by molar-refractivity contribution is -0.134. The molecule has 0 bridgehead atoms. The molecule has 0 saturated carbocycles. The summed E-state index contributed by atoms with van der Waals surface area (Å²) in [6, 6.07) is -0.682. The van der Waals surface area contributed by atoms with E-state index in [-0.39, 0.29) is 36.3 Å². The summed E-state index contributed by atoms with van der Waals surface area (Å²) in [5.74, 6) is -0.645. The van der Waals surface area contributed by atoms with Crippen LogP contribution in [-0.2, 0) is 19.6 Å². The molecule has 0 aliphatic carbocycles. The Bertz CT molecular complexity index is 886. The fourth-order valence-electron chi connectivity index (χ4n) is 5.56. The second kappa shape index (κ2) is 14.1. The average molecular weight is 528 g/mol. The van der Waals surface area contributed by atoms with Crippen molar-refractivity contribution in [2.75, 3.05) is 19.3 Å². The molecule has 0 spiro atoms. The minimum Gasteiger partial charge on any atom is -0.354 e. The Morgan fingerprint density at radius 1 is 0.971 bits per heavy atom. The van der Waals surface area contributed by atoms with Gasteiger partial charge in [-0.05, 0) is 37.8 Å². The number of sulfonamides is 1. The molecule has 0 aromatic rings. The zero-order valence-electron chi connectivity index (χ0n) is 21.2. The van der Waals surface area contributed by atoms with Gasteiger partial charge in [-0.3, -0.25) is 9.59 Å². The summed E-state index contributed by atoms with van der Waals surface area (Å²) in [7, 11) is -3.61. The molecule has 3 aliphatic rings. The highest BCUT2D eigenvalue weighted by Crippen LogP contribution is 2.40. The van der Waals surface area contributed by atoms with Gasteiger partial charge in [-0.1, -0.05) is 57.6 Å². The number of hydrogen-bond acceptors (Lipinski definition) is 5. The molecule has 3 aliphatic heterocycles. The Morgan fingerprint density at radius 3 is 2.17 bits per heavy atom. The van der Waals surface area contributed by atoms with E-state index in [2.05, 4.69) is 29.5 Å². The van der Waals surface area contributed by atoms with Crippen LogP contribution in [0.4, 0.5) is 0 Å². The van der Waals surface area contributed by atoms with Gasteiger partial charge in [0.05, 0.1) is 24.3 Å². The lowest BCUT2D eigenvalue weighted by Gasteiger charge is -2.27. The van der Waals surface area contributed by atoms with Crippen LogP contribution in [0.5, 0.6) is 0 Å². The molecular formula is C26H42ClN3O4S. The number of halogens is 1. The van der Waals surface area contributed by atoms with Crippen molar-refractivity contribution in [3.63, 3.8) is 0 Å². The predicted molar refractivity (Wildman–Crippen MR) is 142 cm³/mol. The summed E-state index contributed by atoms with van der Waals surface area (Å²) in [4.78, 5) is 29.8.